The van der Waals surface area contributed by atoms with Crippen molar-refractivity contribution in [3.8, 4) is 0 Å². The molecule has 0 bridgehead atoms. The number of hydrogen-bond donors (Lipinski definition) is 0. The van der Waals surface area contributed by atoms with E-state index in [-0.39, 0.29) is 6.42 Å². The van der Waals surface area contributed by atoms with Gasteiger partial charge in [-0.15, -0.1) is 0 Å². The number of unbranched alkanes of at least 4 members (excludes halogenated alkanes) is 5. The Bertz CT molecular complexity index is 132. The van der Waals surface area contributed by atoms with Crippen molar-refractivity contribution in [3.05, 3.63) is 0 Å². The lowest BCUT2D eigenvalue weighted by atomic mass is 10.1. The van der Waals surface area contributed by atoms with Crippen LogP contribution in [0.5, 0.6) is 0 Å². The van der Waals surface area contributed by atoms with Gasteiger partial charge in [0.15, 0.2) is 0 Å². The molecule has 0 amide bonds. The molecule has 0 unspecified atom stereocenters. The van der Waals surface area contributed by atoms with E-state index in [0.29, 0.717) is 12.8 Å². The van der Waals surface area contributed by atoms with Gasteiger partial charge in [0.2, 0.25) is 0 Å². The Kier molecular flexibility index (Phi) is 7.65. The molecule has 0 fully saturated rings. The first-order valence-electron chi connectivity index (χ1n) is 4.41. The van der Waals surface area contributed by atoms with Crippen molar-refractivity contribution in [1.82, 2.24) is 0 Å². The maximum atomic E-state index is 9.98. The molecule has 0 aliphatic carbocycles. The van der Waals surface area contributed by atoms with Crippen LogP contribution in [0.15, 0.2) is 0 Å². The zero-order valence-electron chi connectivity index (χ0n) is 7.25. The van der Waals surface area contributed by atoms with Crippen molar-refractivity contribution in [3.63, 3.8) is 0 Å². The number of rotatable bonds is 8. The molecule has 12 heavy (non-hydrogen) atoms. The number of hydrogen-bond acceptors (Lipinski definition) is 3. The highest BCUT2D eigenvalue weighted by Gasteiger charge is 1.90. The van der Waals surface area contributed by atoms with Gasteiger partial charge in [-0.05, 0) is 19.3 Å². The van der Waals surface area contributed by atoms with Gasteiger partial charge in [0.05, 0.1) is 0 Å². The first-order chi connectivity index (χ1) is 5.77. The fourth-order valence-corrected chi connectivity index (χ4v) is 1.03. The monoisotopic (exact) mass is 171 g/mol. The second kappa shape index (κ2) is 8.24. The summed E-state index contributed by atoms with van der Waals surface area (Å²) < 4.78 is 0. The molecule has 0 atom stereocenters. The van der Waals surface area contributed by atoms with Crippen LogP contribution in [0.2, 0.25) is 0 Å². The van der Waals surface area contributed by atoms with Gasteiger partial charge in [0, 0.05) is 12.4 Å². The van der Waals surface area contributed by atoms with E-state index in [1.54, 1.807) is 0 Å². The Morgan fingerprint density at radius 2 is 1.67 bits per heavy atom. The van der Waals surface area contributed by atoms with Crippen molar-refractivity contribution in [2.75, 3.05) is 0 Å². The number of carbonyl (C=O) groups is 2. The number of aldehydes is 1. The second-order valence-corrected chi connectivity index (χ2v) is 2.85. The number of carbonyl (C=O) groups excluding carboxylic acids is 2. The van der Waals surface area contributed by atoms with E-state index < -0.39 is 5.97 Å². The Balaban J connectivity index is 2.90. The van der Waals surface area contributed by atoms with Gasteiger partial charge in [0.25, 0.3) is 0 Å². The van der Waals surface area contributed by atoms with Crippen LogP contribution in [0.3, 0.4) is 0 Å². The van der Waals surface area contributed by atoms with Crippen LogP contribution in [0.4, 0.5) is 0 Å². The molecule has 0 aromatic carbocycles. The summed E-state index contributed by atoms with van der Waals surface area (Å²) in [5, 5.41) is 9.98. The van der Waals surface area contributed by atoms with E-state index in [0.717, 1.165) is 32.0 Å². The highest BCUT2D eigenvalue weighted by Crippen LogP contribution is 2.05. The fraction of sp³-hybridized carbons (Fsp3) is 0.778. The molecule has 0 saturated heterocycles. The van der Waals surface area contributed by atoms with Crippen LogP contribution in [-0.4, -0.2) is 12.3 Å². The lowest BCUT2D eigenvalue weighted by Crippen LogP contribution is -2.21. The minimum absolute atomic E-state index is 0.160. The molecule has 0 aromatic heterocycles. The van der Waals surface area contributed by atoms with Crippen molar-refractivity contribution in [2.24, 2.45) is 0 Å². The molecule has 0 aliphatic rings. The average molecular weight is 171 g/mol. The quantitative estimate of drug-likeness (QED) is 0.398. The first kappa shape index (κ1) is 11.1. The summed E-state index contributed by atoms with van der Waals surface area (Å²) in [6.07, 6.45) is 6.29. The van der Waals surface area contributed by atoms with E-state index in [9.17, 15) is 14.7 Å². The summed E-state index contributed by atoms with van der Waals surface area (Å²) >= 11 is 0. The van der Waals surface area contributed by atoms with Gasteiger partial charge in [0.1, 0.15) is 6.29 Å². The highest BCUT2D eigenvalue weighted by atomic mass is 16.4. The summed E-state index contributed by atoms with van der Waals surface area (Å²) in [5.41, 5.74) is 0. The van der Waals surface area contributed by atoms with Crippen LogP contribution < -0.4 is 5.11 Å². The fourth-order valence-electron chi connectivity index (χ4n) is 1.03. The SMILES string of the molecule is O=CCCCCCCCC(=O)[O-]. The maximum Gasteiger partial charge on any atom is 0.119 e. The molecule has 0 aliphatic heterocycles. The predicted molar refractivity (Wildman–Crippen MR) is 43.4 cm³/mol. The number of aliphatic carboxylic acids is 1. The average Bonchev–Trinajstić information content (AvgIpc) is 2.02. The van der Waals surface area contributed by atoms with E-state index >= 15 is 0 Å². The molecule has 0 N–H and O–H groups in total. The molecular weight excluding hydrogens is 156 g/mol. The largest absolute Gasteiger partial charge is 0.550 e. The zero-order chi connectivity index (χ0) is 9.23. The molecule has 0 spiro atoms. The Labute approximate surface area is 72.8 Å². The first-order valence-corrected chi connectivity index (χ1v) is 4.41. The van der Waals surface area contributed by atoms with Crippen molar-refractivity contribution >= 4 is 12.3 Å². The van der Waals surface area contributed by atoms with Gasteiger partial charge in [-0.3, -0.25) is 0 Å². The Morgan fingerprint density at radius 3 is 2.25 bits per heavy atom. The van der Waals surface area contributed by atoms with Gasteiger partial charge in [-0.2, -0.15) is 0 Å². The summed E-state index contributed by atoms with van der Waals surface area (Å²) in [7, 11) is 0. The Morgan fingerprint density at radius 1 is 1.08 bits per heavy atom. The van der Waals surface area contributed by atoms with Crippen LogP contribution in [-0.2, 0) is 9.59 Å². The highest BCUT2D eigenvalue weighted by molar-refractivity contribution is 5.64. The molecule has 0 heterocycles. The van der Waals surface area contributed by atoms with Gasteiger partial charge in [-0.1, -0.05) is 19.3 Å². The summed E-state index contributed by atoms with van der Waals surface area (Å²) in [4.78, 5) is 19.9. The van der Waals surface area contributed by atoms with Gasteiger partial charge < -0.3 is 14.7 Å². The van der Waals surface area contributed by atoms with Crippen molar-refractivity contribution < 1.29 is 14.7 Å². The molecule has 70 valence electrons. The van der Waals surface area contributed by atoms with Gasteiger partial charge >= 0.3 is 0 Å². The second-order valence-electron chi connectivity index (χ2n) is 2.85. The van der Waals surface area contributed by atoms with E-state index in [1.807, 2.05) is 0 Å². The summed E-state index contributed by atoms with van der Waals surface area (Å²) in [5.74, 6) is -0.970. The minimum Gasteiger partial charge on any atom is -0.550 e. The zero-order valence-corrected chi connectivity index (χ0v) is 7.25. The molecule has 0 radical (unpaired) electrons. The van der Waals surface area contributed by atoms with Crippen LogP contribution in [0.1, 0.15) is 44.9 Å². The summed E-state index contributed by atoms with van der Waals surface area (Å²) in [6, 6.07) is 0. The molecule has 0 rings (SSSR count). The molecular formula is C9H15O3-. The van der Waals surface area contributed by atoms with E-state index in [4.69, 9.17) is 0 Å². The maximum absolute atomic E-state index is 9.98. The standard InChI is InChI=1S/C9H16O3/c10-8-6-4-2-1-3-5-7-9(11)12/h8H,1-7H2,(H,11,12)/p-1. The van der Waals surface area contributed by atoms with E-state index in [1.165, 1.54) is 0 Å². The molecule has 3 heteroatoms. The third kappa shape index (κ3) is 9.14. The minimum atomic E-state index is -0.970. The third-order valence-electron chi connectivity index (χ3n) is 1.70. The van der Waals surface area contributed by atoms with Gasteiger partial charge in [-0.25, -0.2) is 0 Å². The summed E-state index contributed by atoms with van der Waals surface area (Å²) in [6.45, 7) is 0. The number of carboxylic acid groups (broad SMARTS) is 1. The predicted octanol–water partition coefficient (Wildman–Crippen LogP) is 0.666. The lowest BCUT2D eigenvalue weighted by molar-refractivity contribution is -0.305. The van der Waals surface area contributed by atoms with Crippen LogP contribution in [0.25, 0.3) is 0 Å². The number of carboxylic acids is 1. The molecule has 3 nitrogen and oxygen atoms in total. The topological polar surface area (TPSA) is 57.2 Å². The van der Waals surface area contributed by atoms with Crippen molar-refractivity contribution in [1.29, 1.82) is 0 Å². The Hall–Kier alpha value is -0.860. The third-order valence-corrected chi connectivity index (χ3v) is 1.70. The normalized spacial score (nSPS) is 9.67. The smallest absolute Gasteiger partial charge is 0.119 e. The molecule has 0 saturated carbocycles. The van der Waals surface area contributed by atoms with E-state index in [2.05, 4.69) is 0 Å². The van der Waals surface area contributed by atoms with Crippen LogP contribution in [0, 0.1) is 0 Å². The lowest BCUT2D eigenvalue weighted by Gasteiger charge is -2.00. The molecule has 0 aromatic rings. The van der Waals surface area contributed by atoms with Crippen molar-refractivity contribution in [2.45, 2.75) is 44.9 Å². The van der Waals surface area contributed by atoms with Crippen LogP contribution >= 0.6 is 0 Å².